The number of carbonyl (C=O) groups is 3. The number of amides is 1. The highest BCUT2D eigenvalue weighted by Crippen LogP contribution is 2.34. The molecule has 0 bridgehead atoms. The Labute approximate surface area is 217 Å². The van der Waals surface area contributed by atoms with Crippen molar-refractivity contribution < 1.29 is 23.9 Å². The highest BCUT2D eigenvalue weighted by Gasteiger charge is 2.27. The second kappa shape index (κ2) is 11.9. The van der Waals surface area contributed by atoms with E-state index in [-0.39, 0.29) is 27.1 Å². The lowest BCUT2D eigenvalue weighted by atomic mass is 10.1. The van der Waals surface area contributed by atoms with E-state index in [2.05, 4.69) is 22.1 Å². The van der Waals surface area contributed by atoms with Gasteiger partial charge in [0.1, 0.15) is 9.88 Å². The lowest BCUT2D eigenvalue weighted by molar-refractivity contribution is -0.113. The minimum absolute atomic E-state index is 0.0000385. The molecule has 2 aromatic heterocycles. The Bertz CT molecular complexity index is 1280. The van der Waals surface area contributed by atoms with Crippen molar-refractivity contribution in [1.82, 2.24) is 14.8 Å². The molecule has 12 heteroatoms. The van der Waals surface area contributed by atoms with Gasteiger partial charge in [-0.15, -0.1) is 28.1 Å². The van der Waals surface area contributed by atoms with Gasteiger partial charge in [-0.3, -0.25) is 9.36 Å². The van der Waals surface area contributed by atoms with Gasteiger partial charge >= 0.3 is 11.9 Å². The summed E-state index contributed by atoms with van der Waals surface area (Å²) in [5, 5.41) is 12.1. The molecular formula is C24H27N5O5S2. The molecule has 0 aliphatic carbocycles. The summed E-state index contributed by atoms with van der Waals surface area (Å²) >= 11 is 2.16. The number of anilines is 2. The van der Waals surface area contributed by atoms with Crippen molar-refractivity contribution in [3.05, 3.63) is 52.9 Å². The second-order valence-corrected chi connectivity index (χ2v) is 9.69. The molecule has 1 aromatic carbocycles. The minimum atomic E-state index is -0.655. The first kappa shape index (κ1) is 27.0. The lowest BCUT2D eigenvalue weighted by Crippen LogP contribution is -2.16. The number of nitrogens with zero attached hydrogens (tertiary/aromatic N) is 4. The first-order chi connectivity index (χ1) is 17.2. The number of ether oxygens (including phenoxy) is 2. The molecule has 3 rings (SSSR count). The number of rotatable bonds is 10. The van der Waals surface area contributed by atoms with Crippen LogP contribution in [0.3, 0.4) is 0 Å². The summed E-state index contributed by atoms with van der Waals surface area (Å²) in [4.78, 5) is 39.4. The number of esters is 2. The van der Waals surface area contributed by atoms with Crippen molar-refractivity contribution in [2.75, 3.05) is 44.3 Å². The second-order valence-electron chi connectivity index (χ2n) is 7.73. The number of thiophene rings is 1. The molecule has 0 atom stereocenters. The summed E-state index contributed by atoms with van der Waals surface area (Å²) in [7, 11) is 6.42. The number of nitrogens with one attached hydrogen (secondary N) is 1. The van der Waals surface area contributed by atoms with Gasteiger partial charge < -0.3 is 19.7 Å². The summed E-state index contributed by atoms with van der Waals surface area (Å²) in [6, 6.07) is 7.92. The Morgan fingerprint density at radius 2 is 1.81 bits per heavy atom. The molecule has 0 saturated carbocycles. The first-order valence-corrected chi connectivity index (χ1v) is 12.6. The number of aromatic nitrogens is 3. The molecule has 2 heterocycles. The van der Waals surface area contributed by atoms with E-state index in [9.17, 15) is 14.4 Å². The summed E-state index contributed by atoms with van der Waals surface area (Å²) in [6.45, 7) is 5.87. The quantitative estimate of drug-likeness (QED) is 0.237. The lowest BCUT2D eigenvalue weighted by Gasteiger charge is -2.13. The van der Waals surface area contributed by atoms with Gasteiger partial charge in [0.15, 0.2) is 11.0 Å². The molecule has 10 nitrogen and oxygen atoms in total. The average molecular weight is 530 g/mol. The maximum atomic E-state index is 12.8. The van der Waals surface area contributed by atoms with Crippen molar-refractivity contribution in [3.8, 4) is 11.4 Å². The first-order valence-electron chi connectivity index (χ1n) is 10.8. The number of hydrogen-bond acceptors (Lipinski definition) is 10. The van der Waals surface area contributed by atoms with Crippen LogP contribution in [0.5, 0.6) is 0 Å². The van der Waals surface area contributed by atoms with Crippen LogP contribution in [-0.2, 0) is 20.8 Å². The van der Waals surface area contributed by atoms with E-state index in [4.69, 9.17) is 9.47 Å². The Morgan fingerprint density at radius 3 is 2.39 bits per heavy atom. The van der Waals surface area contributed by atoms with Gasteiger partial charge in [-0.05, 0) is 36.8 Å². The smallest absolute Gasteiger partial charge is 0.348 e. The third kappa shape index (κ3) is 5.77. The van der Waals surface area contributed by atoms with E-state index in [0.717, 1.165) is 22.6 Å². The third-order valence-corrected chi connectivity index (χ3v) is 7.32. The number of carbonyl (C=O) groups excluding carboxylic acids is 3. The fraction of sp³-hybridized carbons (Fsp3) is 0.292. The van der Waals surface area contributed by atoms with Gasteiger partial charge in [0.25, 0.3) is 0 Å². The fourth-order valence-corrected chi connectivity index (χ4v) is 5.22. The Hall–Kier alpha value is -3.64. The zero-order chi connectivity index (χ0) is 26.4. The van der Waals surface area contributed by atoms with Crippen LogP contribution in [-0.4, -0.2) is 66.7 Å². The van der Waals surface area contributed by atoms with Gasteiger partial charge in [0.05, 0.1) is 25.5 Å². The highest BCUT2D eigenvalue weighted by atomic mass is 32.2. The van der Waals surface area contributed by atoms with E-state index in [1.165, 1.54) is 26.0 Å². The van der Waals surface area contributed by atoms with Crippen LogP contribution in [0.25, 0.3) is 11.4 Å². The van der Waals surface area contributed by atoms with Gasteiger partial charge in [-0.1, -0.05) is 17.8 Å². The normalized spacial score (nSPS) is 10.6. The molecule has 190 valence electrons. The van der Waals surface area contributed by atoms with Gasteiger partial charge in [-0.2, -0.15) is 0 Å². The maximum Gasteiger partial charge on any atom is 0.348 e. The van der Waals surface area contributed by atoms with Gasteiger partial charge in [0, 0.05) is 31.9 Å². The summed E-state index contributed by atoms with van der Waals surface area (Å²) < 4.78 is 11.5. The van der Waals surface area contributed by atoms with Crippen molar-refractivity contribution in [2.45, 2.75) is 18.6 Å². The van der Waals surface area contributed by atoms with Crippen LogP contribution >= 0.6 is 23.1 Å². The largest absolute Gasteiger partial charge is 0.465 e. The van der Waals surface area contributed by atoms with E-state index < -0.39 is 11.9 Å². The van der Waals surface area contributed by atoms with Crippen molar-refractivity contribution in [1.29, 1.82) is 0 Å². The van der Waals surface area contributed by atoms with Crippen LogP contribution in [0, 0.1) is 6.92 Å². The predicted molar refractivity (Wildman–Crippen MR) is 141 cm³/mol. The molecule has 1 amide bonds. The molecule has 0 aliphatic rings. The number of thioether (sulfide) groups is 1. The SMILES string of the molecule is C=CCn1c(SCC(=O)Nc2sc(C(=O)OC)c(C)c2C(=O)OC)nnc1-c1ccc(N(C)C)cc1. The fourth-order valence-electron chi connectivity index (χ4n) is 3.34. The third-order valence-electron chi connectivity index (χ3n) is 5.16. The molecule has 1 N–H and O–H groups in total. The van der Waals surface area contributed by atoms with E-state index >= 15 is 0 Å². The monoisotopic (exact) mass is 529 g/mol. The topological polar surface area (TPSA) is 116 Å². The number of hydrogen-bond donors (Lipinski definition) is 1. The van der Waals surface area contributed by atoms with Crippen LogP contribution < -0.4 is 10.2 Å². The number of benzene rings is 1. The summed E-state index contributed by atoms with van der Waals surface area (Å²) in [5.74, 6) is -0.973. The summed E-state index contributed by atoms with van der Waals surface area (Å²) in [6.07, 6.45) is 1.73. The molecule has 0 saturated heterocycles. The van der Waals surface area contributed by atoms with Crippen molar-refractivity contribution in [3.63, 3.8) is 0 Å². The standard InChI is InChI=1S/C24H27N5O5S2/c1-7-12-29-20(15-8-10-16(11-9-15)28(3)4)26-27-24(29)35-13-17(30)25-21-18(22(31)33-5)14(2)19(36-21)23(32)34-6/h7-11H,1,12-13H2,2-6H3,(H,25,30). The van der Waals surface area contributed by atoms with E-state index in [0.29, 0.717) is 23.1 Å². The summed E-state index contributed by atoms with van der Waals surface area (Å²) in [5.41, 5.74) is 2.46. The van der Waals surface area contributed by atoms with Crippen LogP contribution in [0.15, 0.2) is 42.1 Å². The van der Waals surface area contributed by atoms with Gasteiger partial charge in [0.2, 0.25) is 5.91 Å². The van der Waals surface area contributed by atoms with E-state index in [1.54, 1.807) is 13.0 Å². The highest BCUT2D eigenvalue weighted by molar-refractivity contribution is 7.99. The average Bonchev–Trinajstić information content (AvgIpc) is 3.42. The number of allylic oxidation sites excluding steroid dienone is 1. The van der Waals surface area contributed by atoms with Crippen molar-refractivity contribution >= 4 is 51.6 Å². The molecule has 36 heavy (non-hydrogen) atoms. The molecule has 0 aliphatic heterocycles. The molecular weight excluding hydrogens is 502 g/mol. The van der Waals surface area contributed by atoms with Crippen LogP contribution in [0.4, 0.5) is 10.7 Å². The Morgan fingerprint density at radius 1 is 1.14 bits per heavy atom. The van der Waals surface area contributed by atoms with E-state index in [1.807, 2.05) is 47.8 Å². The molecule has 0 spiro atoms. The number of methoxy groups -OCH3 is 2. The van der Waals surface area contributed by atoms with Crippen LogP contribution in [0.2, 0.25) is 0 Å². The Balaban J connectivity index is 1.79. The zero-order valence-electron chi connectivity index (χ0n) is 20.7. The molecule has 0 fully saturated rings. The maximum absolute atomic E-state index is 12.8. The van der Waals surface area contributed by atoms with Gasteiger partial charge in [-0.25, -0.2) is 9.59 Å². The Kier molecular flexibility index (Phi) is 8.88. The van der Waals surface area contributed by atoms with Crippen molar-refractivity contribution in [2.24, 2.45) is 0 Å². The minimum Gasteiger partial charge on any atom is -0.465 e. The zero-order valence-corrected chi connectivity index (χ0v) is 22.3. The predicted octanol–water partition coefficient (Wildman–Crippen LogP) is 3.87. The molecule has 0 radical (unpaired) electrons. The molecule has 0 unspecified atom stereocenters. The molecule has 3 aromatic rings. The van der Waals surface area contributed by atoms with Crippen LogP contribution in [0.1, 0.15) is 25.6 Å².